The Morgan fingerprint density at radius 1 is 1.17 bits per heavy atom. The van der Waals surface area contributed by atoms with Crippen molar-refractivity contribution in [3.63, 3.8) is 0 Å². The smallest absolute Gasteiger partial charge is 0.416 e. The lowest BCUT2D eigenvalue weighted by molar-refractivity contribution is -0.137. The zero-order chi connectivity index (χ0) is 20.4. The van der Waals surface area contributed by atoms with Gasteiger partial charge in [-0.15, -0.1) is 11.3 Å². The van der Waals surface area contributed by atoms with Crippen LogP contribution in [-0.2, 0) is 12.8 Å². The van der Waals surface area contributed by atoms with Crippen LogP contribution in [0.1, 0.15) is 34.5 Å². The van der Waals surface area contributed by atoms with E-state index in [9.17, 15) is 18.0 Å². The Labute approximate surface area is 169 Å². The maximum absolute atomic E-state index is 12.7. The van der Waals surface area contributed by atoms with Crippen molar-refractivity contribution in [1.82, 2.24) is 10.3 Å². The lowest BCUT2D eigenvalue weighted by atomic mass is 10.1. The molecule has 150 valence electrons. The standard InChI is InChI=1S/C21H17F3N2O2S/c22-21(23,24)15-6-4-13(5-7-15)20-26-17(12-29-20)11-28-18-3-1-2-14(10-18)19(27)25-16-8-9-16/h1-7,10,12,16H,8-9,11H2,(H,25,27). The van der Waals surface area contributed by atoms with Gasteiger partial charge in [0, 0.05) is 22.5 Å². The number of amides is 1. The quantitative estimate of drug-likeness (QED) is 0.591. The molecular weight excluding hydrogens is 401 g/mol. The lowest BCUT2D eigenvalue weighted by Crippen LogP contribution is -2.25. The second-order valence-electron chi connectivity index (χ2n) is 6.78. The summed E-state index contributed by atoms with van der Waals surface area (Å²) >= 11 is 1.34. The Hall–Kier alpha value is -2.87. The fraction of sp³-hybridized carbons (Fsp3) is 0.238. The number of carbonyl (C=O) groups is 1. The van der Waals surface area contributed by atoms with Crippen LogP contribution in [0.15, 0.2) is 53.9 Å². The van der Waals surface area contributed by atoms with E-state index in [0.29, 0.717) is 27.6 Å². The van der Waals surface area contributed by atoms with Gasteiger partial charge in [-0.25, -0.2) is 4.98 Å². The van der Waals surface area contributed by atoms with Crippen LogP contribution in [-0.4, -0.2) is 16.9 Å². The van der Waals surface area contributed by atoms with Crippen molar-refractivity contribution in [2.24, 2.45) is 0 Å². The molecule has 1 aliphatic carbocycles. The van der Waals surface area contributed by atoms with E-state index in [-0.39, 0.29) is 18.6 Å². The van der Waals surface area contributed by atoms with Crippen molar-refractivity contribution in [1.29, 1.82) is 0 Å². The second-order valence-corrected chi connectivity index (χ2v) is 7.64. The summed E-state index contributed by atoms with van der Waals surface area (Å²) in [6.45, 7) is 0.199. The van der Waals surface area contributed by atoms with Crippen LogP contribution in [0.4, 0.5) is 13.2 Å². The first kappa shape index (κ1) is 19.4. The number of nitrogens with zero attached hydrogens (tertiary/aromatic N) is 1. The van der Waals surface area contributed by atoms with Gasteiger partial charge in [0.15, 0.2) is 0 Å². The number of rotatable bonds is 6. The van der Waals surface area contributed by atoms with Gasteiger partial charge >= 0.3 is 6.18 Å². The van der Waals surface area contributed by atoms with Gasteiger partial charge in [0.25, 0.3) is 5.91 Å². The van der Waals surface area contributed by atoms with Gasteiger partial charge in [-0.05, 0) is 43.2 Å². The van der Waals surface area contributed by atoms with Gasteiger partial charge < -0.3 is 10.1 Å². The molecule has 2 aromatic carbocycles. The highest BCUT2D eigenvalue weighted by Gasteiger charge is 2.30. The molecule has 1 aliphatic rings. The molecule has 1 aromatic heterocycles. The summed E-state index contributed by atoms with van der Waals surface area (Å²) in [6, 6.07) is 12.1. The Morgan fingerprint density at radius 3 is 2.62 bits per heavy atom. The molecule has 1 amide bonds. The Bertz CT molecular complexity index is 1010. The van der Waals surface area contributed by atoms with E-state index in [1.54, 1.807) is 29.6 Å². The summed E-state index contributed by atoms with van der Waals surface area (Å²) in [7, 11) is 0. The summed E-state index contributed by atoms with van der Waals surface area (Å²) in [5.41, 5.74) is 1.14. The highest BCUT2D eigenvalue weighted by molar-refractivity contribution is 7.13. The molecule has 8 heteroatoms. The van der Waals surface area contributed by atoms with Crippen LogP contribution >= 0.6 is 11.3 Å². The average molecular weight is 418 g/mol. The third-order valence-electron chi connectivity index (χ3n) is 4.41. The van der Waals surface area contributed by atoms with Crippen LogP contribution in [0.5, 0.6) is 5.75 Å². The number of nitrogens with one attached hydrogen (secondary N) is 1. The molecule has 1 fully saturated rings. The van der Waals surface area contributed by atoms with E-state index >= 15 is 0 Å². The fourth-order valence-electron chi connectivity index (χ4n) is 2.69. The molecule has 0 atom stereocenters. The van der Waals surface area contributed by atoms with Gasteiger partial charge in [-0.2, -0.15) is 13.2 Å². The maximum Gasteiger partial charge on any atom is 0.416 e. The first-order valence-electron chi connectivity index (χ1n) is 9.04. The van der Waals surface area contributed by atoms with Crippen LogP contribution in [0.2, 0.25) is 0 Å². The van der Waals surface area contributed by atoms with Crippen molar-refractivity contribution in [3.05, 3.63) is 70.7 Å². The summed E-state index contributed by atoms with van der Waals surface area (Å²) in [5.74, 6) is 0.439. The fourth-order valence-corrected chi connectivity index (χ4v) is 3.50. The van der Waals surface area contributed by atoms with Crippen molar-refractivity contribution in [2.45, 2.75) is 31.7 Å². The number of alkyl halides is 3. The number of aromatic nitrogens is 1. The van der Waals surface area contributed by atoms with E-state index in [4.69, 9.17) is 4.74 Å². The molecule has 0 spiro atoms. The van der Waals surface area contributed by atoms with Crippen LogP contribution in [0.25, 0.3) is 10.6 Å². The van der Waals surface area contributed by atoms with Crippen LogP contribution < -0.4 is 10.1 Å². The molecule has 1 heterocycles. The largest absolute Gasteiger partial charge is 0.487 e. The van der Waals surface area contributed by atoms with E-state index in [1.165, 1.54) is 23.5 Å². The molecule has 1 N–H and O–H groups in total. The van der Waals surface area contributed by atoms with Crippen molar-refractivity contribution >= 4 is 17.2 Å². The van der Waals surface area contributed by atoms with Gasteiger partial charge in [0.05, 0.1) is 11.3 Å². The molecule has 0 bridgehead atoms. The zero-order valence-corrected chi connectivity index (χ0v) is 16.0. The normalized spacial score (nSPS) is 13.9. The minimum atomic E-state index is -4.36. The van der Waals surface area contributed by atoms with E-state index in [0.717, 1.165) is 25.0 Å². The topological polar surface area (TPSA) is 51.2 Å². The van der Waals surface area contributed by atoms with Gasteiger partial charge in [0.2, 0.25) is 0 Å². The first-order chi connectivity index (χ1) is 13.9. The molecule has 29 heavy (non-hydrogen) atoms. The third-order valence-corrected chi connectivity index (χ3v) is 5.35. The average Bonchev–Trinajstić information content (AvgIpc) is 3.39. The molecule has 0 unspecified atom stereocenters. The number of hydrogen-bond donors (Lipinski definition) is 1. The SMILES string of the molecule is O=C(NC1CC1)c1cccc(OCc2csc(-c3ccc(C(F)(F)F)cc3)n2)c1. The van der Waals surface area contributed by atoms with E-state index in [1.807, 2.05) is 0 Å². The summed E-state index contributed by atoms with van der Waals surface area (Å²) in [5, 5.41) is 5.35. The van der Waals surface area contributed by atoms with Crippen molar-refractivity contribution in [3.8, 4) is 16.3 Å². The number of ether oxygens (including phenoxy) is 1. The lowest BCUT2D eigenvalue weighted by Gasteiger charge is -2.07. The highest BCUT2D eigenvalue weighted by Crippen LogP contribution is 2.32. The molecule has 1 saturated carbocycles. The molecule has 4 nitrogen and oxygen atoms in total. The first-order valence-corrected chi connectivity index (χ1v) is 9.92. The molecule has 0 saturated heterocycles. The van der Waals surface area contributed by atoms with Crippen LogP contribution in [0, 0.1) is 0 Å². The molecule has 3 aromatic rings. The van der Waals surface area contributed by atoms with Gasteiger partial charge in [0.1, 0.15) is 17.4 Å². The van der Waals surface area contributed by atoms with Gasteiger partial charge in [-0.3, -0.25) is 4.79 Å². The van der Waals surface area contributed by atoms with E-state index in [2.05, 4.69) is 10.3 Å². The van der Waals surface area contributed by atoms with Crippen LogP contribution in [0.3, 0.4) is 0 Å². The summed E-state index contributed by atoms with van der Waals surface area (Å²) in [4.78, 5) is 16.5. The van der Waals surface area contributed by atoms with Crippen molar-refractivity contribution < 1.29 is 22.7 Å². The van der Waals surface area contributed by atoms with E-state index < -0.39 is 11.7 Å². The third kappa shape index (κ3) is 4.95. The number of benzene rings is 2. The van der Waals surface area contributed by atoms with Crippen molar-refractivity contribution in [2.75, 3.05) is 0 Å². The minimum absolute atomic E-state index is 0.115. The maximum atomic E-state index is 12.7. The number of halogens is 3. The predicted molar refractivity (Wildman–Crippen MR) is 104 cm³/mol. The summed E-state index contributed by atoms with van der Waals surface area (Å²) < 4.78 is 43.8. The Balaban J connectivity index is 1.39. The highest BCUT2D eigenvalue weighted by atomic mass is 32.1. The number of hydrogen-bond acceptors (Lipinski definition) is 4. The molecule has 4 rings (SSSR count). The summed E-state index contributed by atoms with van der Waals surface area (Å²) in [6.07, 6.45) is -2.31. The molecular formula is C21H17F3N2O2S. The number of carbonyl (C=O) groups excluding carboxylic acids is 1. The Kier molecular flexibility index (Phi) is 5.27. The minimum Gasteiger partial charge on any atom is -0.487 e. The molecule has 0 radical (unpaired) electrons. The monoisotopic (exact) mass is 418 g/mol. The predicted octanol–water partition coefficient (Wildman–Crippen LogP) is 5.30. The second kappa shape index (κ2) is 7.87. The Morgan fingerprint density at radius 2 is 1.93 bits per heavy atom. The van der Waals surface area contributed by atoms with Gasteiger partial charge in [-0.1, -0.05) is 18.2 Å². The molecule has 0 aliphatic heterocycles. The number of thiazole rings is 1. The zero-order valence-electron chi connectivity index (χ0n) is 15.2.